The molecule has 0 spiro atoms. The van der Waals surface area contributed by atoms with Gasteiger partial charge in [0.05, 0.1) is 0 Å². The lowest BCUT2D eigenvalue weighted by Gasteiger charge is -1.78. The van der Waals surface area contributed by atoms with E-state index < -0.39 is 0 Å². The fourth-order valence-electron chi connectivity index (χ4n) is 0.786. The second-order valence-electron chi connectivity index (χ2n) is 1.81. The number of fused-ring (bicyclic) bond motifs is 1. The van der Waals surface area contributed by atoms with Gasteiger partial charge in [-0.2, -0.15) is 15.4 Å². The van der Waals surface area contributed by atoms with E-state index in [4.69, 9.17) is 0 Å². The maximum Gasteiger partial charge on any atom is 0.112 e. The summed E-state index contributed by atoms with van der Waals surface area (Å²) in [6.07, 6.45) is 0. The number of para-hydroxylation sites is 2. The molecule has 0 aliphatic heterocycles. The average molecular weight is 137 g/mol. The molecule has 10 heavy (non-hydrogen) atoms. The van der Waals surface area contributed by atoms with Crippen LogP contribution in [0.15, 0.2) is 24.3 Å². The number of rotatable bonds is 0. The third-order valence-corrected chi connectivity index (χ3v) is 1.22. The normalized spacial score (nSPS) is 9.20. The van der Waals surface area contributed by atoms with Gasteiger partial charge in [-0.05, 0) is 12.1 Å². The maximum absolute atomic E-state index is 3.88. The number of hydrogen-bond acceptors (Lipinski definition) is 2. The van der Waals surface area contributed by atoms with Crippen molar-refractivity contribution in [2.75, 3.05) is 0 Å². The third-order valence-electron chi connectivity index (χ3n) is 1.22. The van der Waals surface area contributed by atoms with Gasteiger partial charge in [0.1, 0.15) is 11.0 Å². The van der Waals surface area contributed by atoms with Crippen molar-refractivity contribution in [1.82, 2.24) is 15.4 Å². The average Bonchev–Trinajstić information content (AvgIpc) is 2.33. The number of hydrogen-bond donors (Lipinski definition) is 1. The molecule has 1 aromatic carbocycles. The summed E-state index contributed by atoms with van der Waals surface area (Å²) < 4.78 is 0. The first-order valence-electron chi connectivity index (χ1n) is 2.72. The van der Waals surface area contributed by atoms with Crippen LogP contribution >= 0.6 is 0 Å². The molecule has 0 saturated heterocycles. The monoisotopic (exact) mass is 137 g/mol. The summed E-state index contributed by atoms with van der Waals surface area (Å²) in [7, 11) is 0. The minimum absolute atomic E-state index is 0. The van der Waals surface area contributed by atoms with Crippen molar-refractivity contribution < 1.29 is 5.48 Å². The van der Waals surface area contributed by atoms with Crippen LogP contribution in [0.5, 0.6) is 0 Å². The molecule has 52 valence electrons. The molecule has 0 aliphatic carbocycles. The Balaban J connectivity index is 0.000000500. The molecular formula is C6H7N3O. The van der Waals surface area contributed by atoms with Crippen molar-refractivity contribution in [3.8, 4) is 0 Å². The van der Waals surface area contributed by atoms with E-state index in [1.165, 1.54) is 0 Å². The zero-order valence-corrected chi connectivity index (χ0v) is 5.20. The predicted molar refractivity (Wildman–Crippen MR) is 37.5 cm³/mol. The Morgan fingerprint density at radius 3 is 2.00 bits per heavy atom. The second-order valence-corrected chi connectivity index (χ2v) is 1.81. The Labute approximate surface area is 57.2 Å². The lowest BCUT2D eigenvalue weighted by molar-refractivity contribution is 0.824. The lowest BCUT2D eigenvalue weighted by Crippen LogP contribution is -1.63. The van der Waals surface area contributed by atoms with Gasteiger partial charge in [0.15, 0.2) is 0 Å². The molecule has 0 radical (unpaired) electrons. The van der Waals surface area contributed by atoms with Crippen LogP contribution in [-0.4, -0.2) is 20.9 Å². The topological polar surface area (TPSA) is 73.1 Å². The quantitative estimate of drug-likeness (QED) is 0.560. The first-order valence-corrected chi connectivity index (χ1v) is 2.72. The summed E-state index contributed by atoms with van der Waals surface area (Å²) in [4.78, 5) is 0. The summed E-state index contributed by atoms with van der Waals surface area (Å²) in [5, 5.41) is 10.3. The summed E-state index contributed by atoms with van der Waals surface area (Å²) in [6, 6.07) is 7.70. The Kier molecular flexibility index (Phi) is 1.64. The highest BCUT2D eigenvalue weighted by Crippen LogP contribution is 2.03. The molecule has 0 fully saturated rings. The molecule has 2 aromatic rings. The van der Waals surface area contributed by atoms with Crippen molar-refractivity contribution in [2.45, 2.75) is 0 Å². The molecule has 4 heteroatoms. The zero-order valence-electron chi connectivity index (χ0n) is 5.20. The minimum Gasteiger partial charge on any atom is -0.412 e. The SMILES string of the molecule is O.c1ccc2n[nH]nc2c1. The predicted octanol–water partition coefficient (Wildman–Crippen LogP) is 0.133. The van der Waals surface area contributed by atoms with Crippen LogP contribution < -0.4 is 0 Å². The van der Waals surface area contributed by atoms with E-state index in [0.29, 0.717) is 0 Å². The molecule has 4 nitrogen and oxygen atoms in total. The largest absolute Gasteiger partial charge is 0.412 e. The van der Waals surface area contributed by atoms with Crippen LogP contribution in [0.3, 0.4) is 0 Å². The Hall–Kier alpha value is -1.42. The Morgan fingerprint density at radius 2 is 1.50 bits per heavy atom. The number of benzene rings is 1. The first kappa shape index (κ1) is 6.70. The molecule has 2 rings (SSSR count). The Morgan fingerprint density at radius 1 is 1.00 bits per heavy atom. The van der Waals surface area contributed by atoms with Crippen molar-refractivity contribution >= 4 is 11.0 Å². The number of aromatic amines is 1. The van der Waals surface area contributed by atoms with E-state index in [2.05, 4.69) is 15.4 Å². The van der Waals surface area contributed by atoms with E-state index in [9.17, 15) is 0 Å². The number of nitrogens with one attached hydrogen (secondary N) is 1. The maximum atomic E-state index is 3.88. The van der Waals surface area contributed by atoms with Gasteiger partial charge in [0.25, 0.3) is 0 Å². The van der Waals surface area contributed by atoms with E-state index >= 15 is 0 Å². The van der Waals surface area contributed by atoms with Crippen molar-refractivity contribution in [3.63, 3.8) is 0 Å². The van der Waals surface area contributed by atoms with Crippen LogP contribution in [0.25, 0.3) is 11.0 Å². The highest BCUT2D eigenvalue weighted by atomic mass is 16.0. The van der Waals surface area contributed by atoms with Crippen molar-refractivity contribution in [1.29, 1.82) is 0 Å². The highest BCUT2D eigenvalue weighted by molar-refractivity contribution is 5.72. The van der Waals surface area contributed by atoms with Crippen LogP contribution in [-0.2, 0) is 0 Å². The summed E-state index contributed by atoms with van der Waals surface area (Å²) in [6.45, 7) is 0. The molecular weight excluding hydrogens is 130 g/mol. The second kappa shape index (κ2) is 2.45. The van der Waals surface area contributed by atoms with Gasteiger partial charge in [-0.1, -0.05) is 12.1 Å². The standard InChI is InChI=1S/C6H5N3.H2O/c1-2-4-6-5(3-1)7-9-8-6;/h1-4H,(H,7,8,9);1H2. The molecule has 0 bridgehead atoms. The molecule has 1 heterocycles. The van der Waals surface area contributed by atoms with Crippen LogP contribution in [0.2, 0.25) is 0 Å². The molecule has 0 aliphatic rings. The molecule has 1 aromatic heterocycles. The highest BCUT2D eigenvalue weighted by Gasteiger charge is 1.90. The van der Waals surface area contributed by atoms with Gasteiger partial charge in [0.2, 0.25) is 0 Å². The fraction of sp³-hybridized carbons (Fsp3) is 0. The van der Waals surface area contributed by atoms with Crippen molar-refractivity contribution in [3.05, 3.63) is 24.3 Å². The fourth-order valence-corrected chi connectivity index (χ4v) is 0.786. The van der Waals surface area contributed by atoms with Crippen LogP contribution in [0.4, 0.5) is 0 Å². The van der Waals surface area contributed by atoms with Crippen LogP contribution in [0, 0.1) is 0 Å². The molecule has 0 saturated carbocycles. The van der Waals surface area contributed by atoms with Crippen molar-refractivity contribution in [2.24, 2.45) is 0 Å². The van der Waals surface area contributed by atoms with Gasteiger partial charge in [0, 0.05) is 0 Å². The van der Waals surface area contributed by atoms with Gasteiger partial charge < -0.3 is 5.48 Å². The van der Waals surface area contributed by atoms with Crippen LogP contribution in [0.1, 0.15) is 0 Å². The lowest BCUT2D eigenvalue weighted by atomic mass is 10.3. The minimum atomic E-state index is 0. The molecule has 0 amide bonds. The third kappa shape index (κ3) is 0.844. The van der Waals surface area contributed by atoms with Gasteiger partial charge in [-0.15, -0.1) is 0 Å². The number of nitrogens with zero attached hydrogens (tertiary/aromatic N) is 2. The summed E-state index contributed by atoms with van der Waals surface area (Å²) in [5.41, 5.74) is 1.83. The van der Waals surface area contributed by atoms with Gasteiger partial charge in [-0.3, -0.25) is 0 Å². The smallest absolute Gasteiger partial charge is 0.112 e. The Bertz CT molecular complexity index is 287. The van der Waals surface area contributed by atoms with E-state index in [-0.39, 0.29) is 5.48 Å². The van der Waals surface area contributed by atoms with Gasteiger partial charge in [-0.25, -0.2) is 0 Å². The molecule has 3 N–H and O–H groups in total. The first-order chi connectivity index (χ1) is 4.47. The number of H-pyrrole nitrogens is 1. The zero-order chi connectivity index (χ0) is 6.10. The number of aromatic nitrogens is 3. The van der Waals surface area contributed by atoms with E-state index in [1.54, 1.807) is 0 Å². The van der Waals surface area contributed by atoms with Gasteiger partial charge >= 0.3 is 0 Å². The molecule has 0 unspecified atom stereocenters. The summed E-state index contributed by atoms with van der Waals surface area (Å²) in [5.74, 6) is 0. The van der Waals surface area contributed by atoms with E-state index in [0.717, 1.165) is 11.0 Å². The molecule has 0 atom stereocenters. The van der Waals surface area contributed by atoms with E-state index in [1.807, 2.05) is 24.3 Å². The summed E-state index contributed by atoms with van der Waals surface area (Å²) >= 11 is 0.